The van der Waals surface area contributed by atoms with Gasteiger partial charge in [0.2, 0.25) is 10.0 Å². The summed E-state index contributed by atoms with van der Waals surface area (Å²) in [6.07, 6.45) is 2.81. The molecule has 0 aromatic heterocycles. The molecular weight excluding hydrogens is 278 g/mol. The third-order valence-corrected chi connectivity index (χ3v) is 5.33. The predicted molar refractivity (Wildman–Crippen MR) is 74.6 cm³/mol. The van der Waals surface area contributed by atoms with E-state index in [2.05, 4.69) is 4.74 Å². The van der Waals surface area contributed by atoms with Crippen molar-refractivity contribution in [3.63, 3.8) is 0 Å². The van der Waals surface area contributed by atoms with Gasteiger partial charge < -0.3 is 4.74 Å². The minimum Gasteiger partial charge on any atom is -0.466 e. The Morgan fingerprint density at radius 1 is 1.30 bits per heavy atom. The number of methoxy groups -OCH3 is 1. The lowest BCUT2D eigenvalue weighted by molar-refractivity contribution is -0.134. The van der Waals surface area contributed by atoms with Crippen LogP contribution in [0.1, 0.15) is 12.5 Å². The minimum atomic E-state index is -3.51. The topological polar surface area (TPSA) is 63.5 Å². The lowest BCUT2D eigenvalue weighted by Crippen LogP contribution is -2.15. The van der Waals surface area contributed by atoms with Crippen molar-refractivity contribution in [1.82, 2.24) is 4.31 Å². The molecule has 1 saturated heterocycles. The summed E-state index contributed by atoms with van der Waals surface area (Å²) in [4.78, 5) is 11.3. The van der Waals surface area contributed by atoms with E-state index in [0.29, 0.717) is 0 Å². The predicted octanol–water partition coefficient (Wildman–Crippen LogP) is 1.49. The number of sulfonamides is 1. The van der Waals surface area contributed by atoms with Crippen molar-refractivity contribution in [2.45, 2.75) is 30.8 Å². The lowest BCUT2D eigenvalue weighted by Gasteiger charge is -2.05. The summed E-state index contributed by atoms with van der Waals surface area (Å²) >= 11 is 0. The SMILES string of the molecule is COC(=O)/C=C\[C@H]1[C@@H](C)N1S(=O)(=O)c1ccc(C)cc1. The lowest BCUT2D eigenvalue weighted by atomic mass is 10.2. The Labute approximate surface area is 118 Å². The number of nitrogens with zero attached hydrogens (tertiary/aromatic N) is 1. The summed E-state index contributed by atoms with van der Waals surface area (Å²) in [5.74, 6) is -0.489. The van der Waals surface area contributed by atoms with Gasteiger partial charge in [-0.25, -0.2) is 13.2 Å². The molecule has 0 radical (unpaired) electrons. The van der Waals surface area contributed by atoms with E-state index in [1.165, 1.54) is 17.5 Å². The molecule has 1 fully saturated rings. The van der Waals surface area contributed by atoms with E-state index in [1.54, 1.807) is 37.3 Å². The Morgan fingerprint density at radius 3 is 2.45 bits per heavy atom. The van der Waals surface area contributed by atoms with E-state index in [4.69, 9.17) is 0 Å². The molecule has 0 bridgehead atoms. The number of hydrogen-bond acceptors (Lipinski definition) is 4. The number of benzene rings is 1. The molecule has 3 atom stereocenters. The molecule has 1 heterocycles. The molecule has 20 heavy (non-hydrogen) atoms. The molecular formula is C14H17NO4S. The summed E-state index contributed by atoms with van der Waals surface area (Å²) in [6, 6.07) is 6.27. The third kappa shape index (κ3) is 2.76. The Morgan fingerprint density at radius 2 is 1.90 bits per heavy atom. The molecule has 1 aromatic carbocycles. The first-order valence-electron chi connectivity index (χ1n) is 6.24. The van der Waals surface area contributed by atoms with E-state index in [9.17, 15) is 13.2 Å². The van der Waals surface area contributed by atoms with E-state index < -0.39 is 16.0 Å². The fourth-order valence-corrected chi connectivity index (χ4v) is 3.85. The second kappa shape index (κ2) is 5.38. The molecule has 0 spiro atoms. The van der Waals surface area contributed by atoms with Crippen LogP contribution in [0.5, 0.6) is 0 Å². The van der Waals surface area contributed by atoms with Gasteiger partial charge >= 0.3 is 5.97 Å². The van der Waals surface area contributed by atoms with Gasteiger partial charge in [-0.05, 0) is 26.0 Å². The van der Waals surface area contributed by atoms with Gasteiger partial charge in [0.15, 0.2) is 0 Å². The van der Waals surface area contributed by atoms with Crippen molar-refractivity contribution in [1.29, 1.82) is 0 Å². The van der Waals surface area contributed by atoms with Crippen LogP contribution in [0.15, 0.2) is 41.3 Å². The van der Waals surface area contributed by atoms with Crippen molar-refractivity contribution >= 4 is 16.0 Å². The number of esters is 1. The van der Waals surface area contributed by atoms with Crippen LogP contribution in [0.25, 0.3) is 0 Å². The van der Waals surface area contributed by atoms with E-state index in [0.717, 1.165) is 5.56 Å². The van der Waals surface area contributed by atoms with Gasteiger partial charge in [-0.3, -0.25) is 0 Å². The summed E-state index contributed by atoms with van der Waals surface area (Å²) in [5.41, 5.74) is 1.00. The second-order valence-electron chi connectivity index (χ2n) is 4.76. The number of aryl methyl sites for hydroxylation is 1. The maximum atomic E-state index is 12.4. The van der Waals surface area contributed by atoms with Gasteiger partial charge in [-0.2, -0.15) is 4.31 Å². The number of carbonyl (C=O) groups is 1. The van der Waals surface area contributed by atoms with Crippen molar-refractivity contribution in [3.05, 3.63) is 42.0 Å². The van der Waals surface area contributed by atoms with Gasteiger partial charge in [-0.1, -0.05) is 23.8 Å². The average molecular weight is 295 g/mol. The summed E-state index contributed by atoms with van der Waals surface area (Å²) in [6.45, 7) is 3.70. The Kier molecular flexibility index (Phi) is 3.96. The maximum absolute atomic E-state index is 12.4. The second-order valence-corrected chi connectivity index (χ2v) is 6.60. The molecule has 1 aliphatic rings. The van der Waals surface area contributed by atoms with Gasteiger partial charge in [-0.15, -0.1) is 0 Å². The van der Waals surface area contributed by atoms with Crippen molar-refractivity contribution in [2.24, 2.45) is 0 Å². The maximum Gasteiger partial charge on any atom is 0.330 e. The van der Waals surface area contributed by atoms with Gasteiger partial charge in [0.25, 0.3) is 0 Å². The van der Waals surface area contributed by atoms with E-state index >= 15 is 0 Å². The molecule has 0 aliphatic carbocycles. The number of ether oxygens (including phenoxy) is 1. The third-order valence-electron chi connectivity index (χ3n) is 3.33. The van der Waals surface area contributed by atoms with Crippen LogP contribution in [0.4, 0.5) is 0 Å². The van der Waals surface area contributed by atoms with Crippen LogP contribution in [0, 0.1) is 6.92 Å². The highest BCUT2D eigenvalue weighted by atomic mass is 32.2. The summed E-state index contributed by atoms with van der Waals surface area (Å²) in [7, 11) is -2.22. The highest BCUT2D eigenvalue weighted by molar-refractivity contribution is 7.89. The molecule has 0 saturated carbocycles. The van der Waals surface area contributed by atoms with Gasteiger partial charge in [0.05, 0.1) is 18.0 Å². The van der Waals surface area contributed by atoms with Gasteiger partial charge in [0, 0.05) is 12.1 Å². The fourth-order valence-electron chi connectivity index (χ4n) is 2.05. The monoisotopic (exact) mass is 295 g/mol. The average Bonchev–Trinajstić information content (AvgIpc) is 3.07. The molecule has 108 valence electrons. The van der Waals surface area contributed by atoms with Gasteiger partial charge in [0.1, 0.15) is 0 Å². The number of hydrogen-bond donors (Lipinski definition) is 0. The molecule has 0 N–H and O–H groups in total. The molecule has 2 rings (SSSR count). The zero-order chi connectivity index (χ0) is 14.9. The Bertz CT molecular complexity index is 634. The van der Waals surface area contributed by atoms with Crippen LogP contribution in [-0.2, 0) is 19.6 Å². The fraction of sp³-hybridized carbons (Fsp3) is 0.357. The molecule has 0 amide bonds. The Balaban J connectivity index is 2.18. The Hall–Kier alpha value is -1.66. The van der Waals surface area contributed by atoms with Crippen molar-refractivity contribution in [2.75, 3.05) is 7.11 Å². The zero-order valence-corrected chi connectivity index (χ0v) is 12.4. The summed E-state index contributed by atoms with van der Waals surface area (Å²) < 4.78 is 30.7. The summed E-state index contributed by atoms with van der Waals surface area (Å²) in [5, 5.41) is 0. The van der Waals surface area contributed by atoms with E-state index in [1.807, 2.05) is 6.92 Å². The largest absolute Gasteiger partial charge is 0.466 e. The van der Waals surface area contributed by atoms with Crippen molar-refractivity contribution < 1.29 is 17.9 Å². The minimum absolute atomic E-state index is 0.151. The first kappa shape index (κ1) is 14.7. The smallest absolute Gasteiger partial charge is 0.330 e. The van der Waals surface area contributed by atoms with Crippen LogP contribution in [-0.4, -0.2) is 37.9 Å². The quantitative estimate of drug-likeness (QED) is 0.479. The normalized spacial score (nSPS) is 25.6. The first-order valence-corrected chi connectivity index (χ1v) is 7.68. The molecule has 1 aromatic rings. The number of carbonyl (C=O) groups excluding carboxylic acids is 1. The zero-order valence-electron chi connectivity index (χ0n) is 11.6. The molecule has 1 unspecified atom stereocenters. The van der Waals surface area contributed by atoms with Crippen molar-refractivity contribution in [3.8, 4) is 0 Å². The van der Waals surface area contributed by atoms with Crippen LogP contribution < -0.4 is 0 Å². The van der Waals surface area contributed by atoms with Crippen LogP contribution >= 0.6 is 0 Å². The first-order chi connectivity index (χ1) is 9.37. The highest BCUT2D eigenvalue weighted by Crippen LogP contribution is 2.36. The molecule has 1 aliphatic heterocycles. The molecule has 5 nitrogen and oxygen atoms in total. The highest BCUT2D eigenvalue weighted by Gasteiger charge is 2.51. The number of rotatable bonds is 4. The molecule has 6 heteroatoms. The standard InChI is InChI=1S/C14H17NO4S/c1-10-4-6-12(7-5-10)20(17,18)15-11(2)13(15)8-9-14(16)19-3/h4-9,11,13H,1-3H3/b9-8-/t11-,13+,15?/m1/s1. The van der Waals surface area contributed by atoms with Crippen LogP contribution in [0.2, 0.25) is 0 Å². The van der Waals surface area contributed by atoms with E-state index in [-0.39, 0.29) is 17.0 Å². The van der Waals surface area contributed by atoms with Crippen LogP contribution in [0.3, 0.4) is 0 Å².